The van der Waals surface area contributed by atoms with Crippen molar-refractivity contribution in [2.45, 2.75) is 24.9 Å². The molecule has 3 aromatic carbocycles. The Morgan fingerprint density at radius 3 is 2.53 bits per heavy atom. The molecule has 6 heteroatoms. The van der Waals surface area contributed by atoms with Gasteiger partial charge in [0, 0.05) is 22.7 Å². The summed E-state index contributed by atoms with van der Waals surface area (Å²) in [6, 6.07) is 24.4. The van der Waals surface area contributed by atoms with Gasteiger partial charge in [0.15, 0.2) is 6.10 Å². The van der Waals surface area contributed by atoms with E-state index < -0.39 is 18.2 Å². The second kappa shape index (κ2) is 8.86. The van der Waals surface area contributed by atoms with E-state index in [-0.39, 0.29) is 12.5 Å². The highest BCUT2D eigenvalue weighted by Gasteiger charge is 2.35. The highest BCUT2D eigenvalue weighted by atomic mass is 16.5. The molecule has 4 aromatic rings. The molecule has 3 N–H and O–H groups in total. The van der Waals surface area contributed by atoms with Gasteiger partial charge in [-0.15, -0.1) is 0 Å². The van der Waals surface area contributed by atoms with Crippen molar-refractivity contribution >= 4 is 16.8 Å². The number of aliphatic hydroxyl groups excluding tert-OH is 1. The molecule has 5 rings (SSSR count). The molecule has 1 aliphatic heterocycles. The van der Waals surface area contributed by atoms with Gasteiger partial charge in [-0.25, -0.2) is 0 Å². The van der Waals surface area contributed by atoms with Gasteiger partial charge >= 0.3 is 0 Å². The fraction of sp³-hybridized carbons (Fsp3) is 0.192. The van der Waals surface area contributed by atoms with Gasteiger partial charge in [0.05, 0.1) is 12.6 Å². The third kappa shape index (κ3) is 4.10. The van der Waals surface area contributed by atoms with E-state index in [4.69, 9.17) is 9.47 Å². The van der Waals surface area contributed by atoms with Crippen LogP contribution in [0, 0.1) is 0 Å². The first-order chi connectivity index (χ1) is 15.7. The van der Waals surface area contributed by atoms with E-state index in [0.717, 1.165) is 22.0 Å². The first kappa shape index (κ1) is 20.3. The van der Waals surface area contributed by atoms with Gasteiger partial charge < -0.3 is 24.9 Å². The molecular weight excluding hydrogens is 404 g/mol. The third-order valence-electron chi connectivity index (χ3n) is 5.76. The summed E-state index contributed by atoms with van der Waals surface area (Å²) in [5.74, 6) is 0.459. The van der Waals surface area contributed by atoms with Crippen molar-refractivity contribution in [2.24, 2.45) is 0 Å². The molecule has 1 fully saturated rings. The second-order valence-electron chi connectivity index (χ2n) is 7.91. The molecule has 3 atom stereocenters. The van der Waals surface area contributed by atoms with Gasteiger partial charge in [-0.3, -0.25) is 4.79 Å². The van der Waals surface area contributed by atoms with E-state index in [1.807, 2.05) is 78.9 Å². The molecular formula is C26H24N2O4. The van der Waals surface area contributed by atoms with Crippen LogP contribution in [-0.2, 0) is 16.1 Å². The Morgan fingerprint density at radius 2 is 1.75 bits per heavy atom. The van der Waals surface area contributed by atoms with Crippen LogP contribution in [0.3, 0.4) is 0 Å². The predicted octanol–water partition coefficient (Wildman–Crippen LogP) is 4.04. The Morgan fingerprint density at radius 1 is 1.00 bits per heavy atom. The molecule has 0 bridgehead atoms. The summed E-state index contributed by atoms with van der Waals surface area (Å²) in [4.78, 5) is 15.9. The molecule has 32 heavy (non-hydrogen) atoms. The minimum absolute atomic E-state index is 0.212. The Labute approximate surface area is 185 Å². The third-order valence-corrected chi connectivity index (χ3v) is 5.76. The highest BCUT2D eigenvalue weighted by molar-refractivity contribution is 5.91. The highest BCUT2D eigenvalue weighted by Crippen LogP contribution is 2.31. The number of hydrogen-bond acceptors (Lipinski definition) is 4. The number of carbonyl (C=O) groups excluding carboxylic acids is 1. The van der Waals surface area contributed by atoms with E-state index in [9.17, 15) is 9.90 Å². The summed E-state index contributed by atoms with van der Waals surface area (Å²) >= 11 is 0. The lowest BCUT2D eigenvalue weighted by molar-refractivity contribution is -0.144. The molecule has 1 unspecified atom stereocenters. The second-order valence-corrected chi connectivity index (χ2v) is 7.91. The number of rotatable bonds is 6. The SMILES string of the molecule is O=C1N[C@@H]([C@H](O)c2ccc(OCc3ccccc3)cc2)COC1c1c[nH]c2ccccc12. The molecule has 162 valence electrons. The number of ether oxygens (including phenoxy) is 2. The Balaban J connectivity index is 1.22. The van der Waals surface area contributed by atoms with Crippen LogP contribution in [-0.4, -0.2) is 28.6 Å². The summed E-state index contributed by atoms with van der Waals surface area (Å²) in [5.41, 5.74) is 3.53. The molecule has 6 nitrogen and oxygen atoms in total. The maximum absolute atomic E-state index is 12.8. The van der Waals surface area contributed by atoms with Crippen LogP contribution in [0.15, 0.2) is 85.1 Å². The summed E-state index contributed by atoms with van der Waals surface area (Å²) < 4.78 is 11.7. The van der Waals surface area contributed by atoms with Crippen molar-refractivity contribution in [1.29, 1.82) is 0 Å². The number of aromatic nitrogens is 1. The molecule has 1 amide bonds. The first-order valence-corrected chi connectivity index (χ1v) is 10.6. The van der Waals surface area contributed by atoms with Crippen molar-refractivity contribution in [3.63, 3.8) is 0 Å². The number of fused-ring (bicyclic) bond motifs is 1. The predicted molar refractivity (Wildman–Crippen MR) is 121 cm³/mol. The van der Waals surface area contributed by atoms with Crippen LogP contribution in [0.25, 0.3) is 10.9 Å². The van der Waals surface area contributed by atoms with E-state index in [1.54, 1.807) is 6.20 Å². The number of para-hydroxylation sites is 1. The smallest absolute Gasteiger partial charge is 0.254 e. The largest absolute Gasteiger partial charge is 0.489 e. The van der Waals surface area contributed by atoms with E-state index in [2.05, 4.69) is 10.3 Å². The van der Waals surface area contributed by atoms with E-state index in [0.29, 0.717) is 17.9 Å². The van der Waals surface area contributed by atoms with Crippen molar-refractivity contribution in [2.75, 3.05) is 6.61 Å². The fourth-order valence-electron chi connectivity index (χ4n) is 4.02. The lowest BCUT2D eigenvalue weighted by Crippen LogP contribution is -2.50. The lowest BCUT2D eigenvalue weighted by atomic mass is 9.99. The van der Waals surface area contributed by atoms with Crippen LogP contribution in [0.4, 0.5) is 0 Å². The number of H-pyrrole nitrogens is 1. The lowest BCUT2D eigenvalue weighted by Gasteiger charge is -2.32. The number of aromatic amines is 1. The molecule has 1 saturated heterocycles. The normalized spacial score (nSPS) is 19.5. The number of carbonyl (C=O) groups is 1. The monoisotopic (exact) mass is 428 g/mol. The van der Waals surface area contributed by atoms with Gasteiger partial charge in [0.25, 0.3) is 5.91 Å². The summed E-state index contributed by atoms with van der Waals surface area (Å²) in [6.07, 6.45) is 0.217. The number of morpholine rings is 1. The van der Waals surface area contributed by atoms with Crippen LogP contribution in [0.1, 0.15) is 28.9 Å². The molecule has 1 aliphatic rings. The Kier molecular flexibility index (Phi) is 5.62. The number of benzene rings is 3. The number of nitrogens with one attached hydrogen (secondary N) is 2. The van der Waals surface area contributed by atoms with Crippen LogP contribution in [0.5, 0.6) is 5.75 Å². The number of hydrogen-bond donors (Lipinski definition) is 3. The standard InChI is InChI=1S/C26H24N2O4/c29-24(18-10-12-19(13-11-18)31-15-17-6-2-1-3-7-17)23-16-32-25(26(30)28-23)21-14-27-22-9-5-4-8-20(21)22/h1-14,23-25,27,29H,15-16H2,(H,28,30)/t23-,24-,25?/m1/s1. The summed E-state index contributed by atoms with van der Waals surface area (Å²) in [6.45, 7) is 0.688. The van der Waals surface area contributed by atoms with Crippen molar-refractivity contribution in [3.05, 3.63) is 102 Å². The van der Waals surface area contributed by atoms with Gasteiger partial charge in [0.2, 0.25) is 0 Å². The van der Waals surface area contributed by atoms with Crippen LogP contribution >= 0.6 is 0 Å². The van der Waals surface area contributed by atoms with Crippen molar-refractivity contribution in [3.8, 4) is 5.75 Å². The molecule has 1 aromatic heterocycles. The summed E-state index contributed by atoms with van der Waals surface area (Å²) in [7, 11) is 0. The van der Waals surface area contributed by atoms with E-state index in [1.165, 1.54) is 0 Å². The Bertz CT molecular complexity index is 1200. The molecule has 0 aliphatic carbocycles. The zero-order chi connectivity index (χ0) is 21.9. The zero-order valence-electron chi connectivity index (χ0n) is 17.4. The maximum atomic E-state index is 12.8. The average molecular weight is 428 g/mol. The van der Waals surface area contributed by atoms with Crippen LogP contribution < -0.4 is 10.1 Å². The van der Waals surface area contributed by atoms with Crippen molar-refractivity contribution < 1.29 is 19.4 Å². The van der Waals surface area contributed by atoms with Gasteiger partial charge in [-0.2, -0.15) is 0 Å². The van der Waals surface area contributed by atoms with Gasteiger partial charge in [-0.05, 0) is 29.3 Å². The van der Waals surface area contributed by atoms with Crippen LogP contribution in [0.2, 0.25) is 0 Å². The molecule has 0 spiro atoms. The minimum Gasteiger partial charge on any atom is -0.489 e. The number of amides is 1. The fourth-order valence-corrected chi connectivity index (χ4v) is 4.02. The average Bonchev–Trinajstić information content (AvgIpc) is 3.27. The minimum atomic E-state index is -0.883. The van der Waals surface area contributed by atoms with Gasteiger partial charge in [0.1, 0.15) is 18.5 Å². The molecule has 2 heterocycles. The molecule has 0 saturated carbocycles. The summed E-state index contributed by atoms with van der Waals surface area (Å²) in [5, 5.41) is 14.7. The quantitative estimate of drug-likeness (QED) is 0.433. The van der Waals surface area contributed by atoms with Gasteiger partial charge in [-0.1, -0.05) is 60.7 Å². The van der Waals surface area contributed by atoms with E-state index >= 15 is 0 Å². The number of aliphatic hydroxyl groups is 1. The molecule has 0 radical (unpaired) electrons. The first-order valence-electron chi connectivity index (χ1n) is 10.6. The topological polar surface area (TPSA) is 83.6 Å². The maximum Gasteiger partial charge on any atom is 0.254 e. The zero-order valence-corrected chi connectivity index (χ0v) is 17.4. The Hall–Kier alpha value is -3.61. The van der Waals surface area contributed by atoms with Crippen molar-refractivity contribution in [1.82, 2.24) is 10.3 Å².